The molecule has 180 valence electrons. The van der Waals surface area contributed by atoms with Gasteiger partial charge in [0.2, 0.25) is 5.91 Å². The number of nitrogens with two attached hydrogens (primary N) is 1. The number of piperidine rings is 1. The number of carbonyl (C=O) groups is 3. The molecule has 0 aromatic heterocycles. The van der Waals surface area contributed by atoms with Crippen LogP contribution in [0, 0.1) is 5.41 Å². The first-order valence-electron chi connectivity index (χ1n) is 11.2. The SMILES string of the molecule is C=O.CN1CCN(c2ccccc2)CC1.COCCN1CCC(CCC=O)(C(N)=O)CC1. The van der Waals surface area contributed by atoms with Crippen LogP contribution in [0.4, 0.5) is 5.69 Å². The van der Waals surface area contributed by atoms with Crippen molar-refractivity contribution < 1.29 is 19.1 Å². The fraction of sp³-hybridized carbons (Fsp3) is 0.625. The summed E-state index contributed by atoms with van der Waals surface area (Å²) in [7, 11) is 3.87. The number of ether oxygens (including phenoxy) is 1. The van der Waals surface area contributed by atoms with Crippen LogP contribution in [0.2, 0.25) is 0 Å². The van der Waals surface area contributed by atoms with Gasteiger partial charge in [-0.25, -0.2) is 0 Å². The molecular formula is C24H40N4O4. The van der Waals surface area contributed by atoms with Crippen LogP contribution in [0.1, 0.15) is 25.7 Å². The van der Waals surface area contributed by atoms with Crippen molar-refractivity contribution in [2.75, 3.05) is 71.5 Å². The van der Waals surface area contributed by atoms with E-state index in [1.54, 1.807) is 7.11 Å². The van der Waals surface area contributed by atoms with Crippen molar-refractivity contribution in [3.05, 3.63) is 30.3 Å². The molecule has 2 saturated heterocycles. The molecule has 2 N–H and O–H groups in total. The number of amides is 1. The predicted octanol–water partition coefficient (Wildman–Crippen LogP) is 1.43. The maximum atomic E-state index is 11.6. The first kappa shape index (κ1) is 27.7. The van der Waals surface area contributed by atoms with Gasteiger partial charge in [0.1, 0.15) is 13.1 Å². The molecule has 2 heterocycles. The molecule has 0 bridgehead atoms. The summed E-state index contributed by atoms with van der Waals surface area (Å²) in [6.45, 7) is 9.96. The Morgan fingerprint density at radius 3 is 2.19 bits per heavy atom. The van der Waals surface area contributed by atoms with E-state index in [0.717, 1.165) is 51.9 Å². The summed E-state index contributed by atoms with van der Waals surface area (Å²) < 4.78 is 5.03. The minimum Gasteiger partial charge on any atom is -0.383 e. The first-order valence-corrected chi connectivity index (χ1v) is 11.2. The molecule has 0 atom stereocenters. The second kappa shape index (κ2) is 15.5. The van der Waals surface area contributed by atoms with E-state index in [9.17, 15) is 9.59 Å². The third kappa shape index (κ3) is 9.06. The summed E-state index contributed by atoms with van der Waals surface area (Å²) in [5, 5.41) is 0. The van der Waals surface area contributed by atoms with Crippen LogP contribution >= 0.6 is 0 Å². The van der Waals surface area contributed by atoms with Crippen LogP contribution < -0.4 is 10.6 Å². The molecule has 2 aliphatic rings. The second-order valence-corrected chi connectivity index (χ2v) is 8.31. The molecule has 0 spiro atoms. The molecule has 0 unspecified atom stereocenters. The number of likely N-dealkylation sites (tertiary alicyclic amines) is 1. The highest BCUT2D eigenvalue weighted by Crippen LogP contribution is 2.35. The third-order valence-corrected chi connectivity index (χ3v) is 6.31. The average molecular weight is 449 g/mol. The number of carbonyl (C=O) groups excluding carboxylic acids is 3. The summed E-state index contributed by atoms with van der Waals surface area (Å²) in [6, 6.07) is 10.7. The zero-order chi connectivity index (χ0) is 23.8. The maximum Gasteiger partial charge on any atom is 0.223 e. The van der Waals surface area contributed by atoms with Gasteiger partial charge < -0.3 is 34.8 Å². The van der Waals surface area contributed by atoms with E-state index in [4.69, 9.17) is 15.3 Å². The summed E-state index contributed by atoms with van der Waals surface area (Å²) in [6.07, 6.45) is 3.37. The Balaban J connectivity index is 0.000000305. The summed E-state index contributed by atoms with van der Waals surface area (Å²) >= 11 is 0. The summed E-state index contributed by atoms with van der Waals surface area (Å²) in [5.41, 5.74) is 6.38. The van der Waals surface area contributed by atoms with Crippen LogP contribution in [-0.4, -0.2) is 95.4 Å². The van der Waals surface area contributed by atoms with Gasteiger partial charge >= 0.3 is 0 Å². The van der Waals surface area contributed by atoms with E-state index < -0.39 is 5.41 Å². The smallest absolute Gasteiger partial charge is 0.223 e. The highest BCUT2D eigenvalue weighted by molar-refractivity contribution is 5.81. The number of hydrogen-bond acceptors (Lipinski definition) is 7. The Morgan fingerprint density at radius 2 is 1.69 bits per heavy atom. The highest BCUT2D eigenvalue weighted by Gasteiger charge is 2.39. The van der Waals surface area contributed by atoms with Gasteiger partial charge in [-0.2, -0.15) is 0 Å². The van der Waals surface area contributed by atoms with E-state index in [1.165, 1.54) is 18.8 Å². The molecule has 8 nitrogen and oxygen atoms in total. The van der Waals surface area contributed by atoms with Crippen molar-refractivity contribution in [3.8, 4) is 0 Å². The van der Waals surface area contributed by atoms with Crippen LogP contribution in [0.25, 0.3) is 0 Å². The molecule has 2 aliphatic heterocycles. The van der Waals surface area contributed by atoms with Gasteiger partial charge in [-0.05, 0) is 51.5 Å². The number of likely N-dealkylation sites (N-methyl/N-ethyl adjacent to an activating group) is 1. The summed E-state index contributed by atoms with van der Waals surface area (Å²) in [4.78, 5) is 37.1. The van der Waals surface area contributed by atoms with Crippen LogP contribution in [0.15, 0.2) is 30.3 Å². The minimum absolute atomic E-state index is 0.259. The lowest BCUT2D eigenvalue weighted by Crippen LogP contribution is -2.47. The van der Waals surface area contributed by atoms with E-state index >= 15 is 0 Å². The fourth-order valence-electron chi connectivity index (χ4n) is 4.08. The van der Waals surface area contributed by atoms with E-state index in [-0.39, 0.29) is 5.91 Å². The minimum atomic E-state index is -0.468. The van der Waals surface area contributed by atoms with Crippen molar-refractivity contribution >= 4 is 24.7 Å². The Morgan fingerprint density at radius 1 is 1.09 bits per heavy atom. The third-order valence-electron chi connectivity index (χ3n) is 6.31. The first-order chi connectivity index (χ1) is 15.5. The van der Waals surface area contributed by atoms with Crippen LogP contribution in [-0.2, 0) is 19.1 Å². The lowest BCUT2D eigenvalue weighted by atomic mass is 9.74. The Kier molecular flexibility index (Phi) is 13.4. The Labute approximate surface area is 192 Å². The molecule has 32 heavy (non-hydrogen) atoms. The molecule has 0 saturated carbocycles. The van der Waals surface area contributed by atoms with Crippen molar-refractivity contribution in [3.63, 3.8) is 0 Å². The van der Waals surface area contributed by atoms with E-state index in [0.29, 0.717) is 19.4 Å². The number of aldehydes is 1. The topological polar surface area (TPSA) is 96.2 Å². The highest BCUT2D eigenvalue weighted by atomic mass is 16.5. The number of methoxy groups -OCH3 is 1. The van der Waals surface area contributed by atoms with Gasteiger partial charge in [-0.3, -0.25) is 4.79 Å². The van der Waals surface area contributed by atoms with Gasteiger partial charge in [0.15, 0.2) is 0 Å². The molecule has 0 aliphatic carbocycles. The monoisotopic (exact) mass is 448 g/mol. The largest absolute Gasteiger partial charge is 0.383 e. The number of piperazine rings is 1. The number of hydrogen-bond donors (Lipinski definition) is 1. The van der Waals surface area contributed by atoms with Crippen LogP contribution in [0.5, 0.6) is 0 Å². The zero-order valence-corrected chi connectivity index (χ0v) is 19.7. The number of anilines is 1. The zero-order valence-electron chi connectivity index (χ0n) is 19.7. The molecule has 1 aromatic carbocycles. The second-order valence-electron chi connectivity index (χ2n) is 8.31. The quantitative estimate of drug-likeness (QED) is 0.601. The van der Waals surface area contributed by atoms with Gasteiger partial charge in [-0.1, -0.05) is 18.2 Å². The number of nitrogens with zero attached hydrogens (tertiary/aromatic N) is 3. The molecule has 8 heteroatoms. The molecule has 1 aromatic rings. The van der Waals surface area contributed by atoms with Gasteiger partial charge in [-0.15, -0.1) is 0 Å². The average Bonchev–Trinajstić information content (AvgIpc) is 2.84. The Hall–Kier alpha value is -2.29. The summed E-state index contributed by atoms with van der Waals surface area (Å²) in [5.74, 6) is -0.259. The predicted molar refractivity (Wildman–Crippen MR) is 128 cm³/mol. The lowest BCUT2D eigenvalue weighted by molar-refractivity contribution is -0.131. The van der Waals surface area contributed by atoms with Crippen molar-refractivity contribution in [2.45, 2.75) is 25.7 Å². The van der Waals surface area contributed by atoms with Crippen molar-refractivity contribution in [2.24, 2.45) is 11.1 Å². The lowest BCUT2D eigenvalue weighted by Gasteiger charge is -2.39. The maximum absolute atomic E-state index is 11.6. The van der Waals surface area contributed by atoms with Crippen molar-refractivity contribution in [1.29, 1.82) is 0 Å². The van der Waals surface area contributed by atoms with Gasteiger partial charge in [0, 0.05) is 51.9 Å². The molecule has 0 radical (unpaired) electrons. The normalized spacial score (nSPS) is 18.5. The molecule has 1 amide bonds. The molecule has 2 fully saturated rings. The van der Waals surface area contributed by atoms with Crippen LogP contribution in [0.3, 0.4) is 0 Å². The Bertz CT molecular complexity index is 643. The van der Waals surface area contributed by atoms with E-state index in [1.807, 2.05) is 6.79 Å². The number of primary amides is 1. The van der Waals surface area contributed by atoms with Gasteiger partial charge in [0.05, 0.1) is 12.0 Å². The molecular weight excluding hydrogens is 408 g/mol. The molecule has 3 rings (SSSR count). The van der Waals surface area contributed by atoms with Crippen molar-refractivity contribution in [1.82, 2.24) is 9.80 Å². The number of para-hydroxylation sites is 1. The standard InChI is InChI=1S/C12H22N2O3.C11H16N2.CH2O/c1-17-10-8-14-6-4-12(5-7-14,11(13)16)3-2-9-15;1-12-7-9-13(10-8-12)11-5-3-2-4-6-11;1-2/h9H,2-8,10H2,1H3,(H2,13,16);2-6H,7-10H2,1H3;1H2. The van der Waals surface area contributed by atoms with E-state index in [2.05, 4.69) is 52.1 Å². The fourth-order valence-corrected chi connectivity index (χ4v) is 4.08. The number of benzene rings is 1. The number of rotatable bonds is 8. The van der Waals surface area contributed by atoms with Gasteiger partial charge in [0.25, 0.3) is 0 Å².